The molecule has 30 heavy (non-hydrogen) atoms. The van der Waals surface area contributed by atoms with Gasteiger partial charge in [0.2, 0.25) is 5.91 Å². The maximum Gasteiger partial charge on any atom is 0.256 e. The number of methoxy groups -OCH3 is 1. The fourth-order valence-electron chi connectivity index (χ4n) is 2.52. The number of rotatable bonds is 9. The fraction of sp³-hybridized carbons (Fsp3) is 0.136. The van der Waals surface area contributed by atoms with Crippen molar-refractivity contribution in [1.29, 1.82) is 0 Å². The standard InChI is InChI=1S/C22H21N3O3S2/c1-3-13-23-18(26)14-29-22-24-19(15-7-5-4-6-8-15)21(30-22)25-20(27)16-9-11-17(28-2)12-10-16/h3-12H,1,13-14H2,2H3,(H,23,26)(H,25,27). The topological polar surface area (TPSA) is 80.3 Å². The van der Waals surface area contributed by atoms with E-state index in [0.717, 1.165) is 5.56 Å². The number of thiazole rings is 1. The normalized spacial score (nSPS) is 10.3. The van der Waals surface area contributed by atoms with Crippen LogP contribution in [0.1, 0.15) is 10.4 Å². The minimum absolute atomic E-state index is 0.0971. The van der Waals surface area contributed by atoms with E-state index < -0.39 is 0 Å². The Morgan fingerprint density at radius 3 is 2.57 bits per heavy atom. The molecule has 2 aromatic carbocycles. The molecule has 0 atom stereocenters. The highest BCUT2D eigenvalue weighted by Crippen LogP contribution is 2.37. The van der Waals surface area contributed by atoms with Gasteiger partial charge in [-0.2, -0.15) is 0 Å². The van der Waals surface area contributed by atoms with Gasteiger partial charge in [-0.15, -0.1) is 6.58 Å². The highest BCUT2D eigenvalue weighted by atomic mass is 32.2. The molecule has 0 aliphatic rings. The van der Waals surface area contributed by atoms with Gasteiger partial charge in [0.1, 0.15) is 16.4 Å². The van der Waals surface area contributed by atoms with Crippen molar-refractivity contribution >= 4 is 39.9 Å². The minimum atomic E-state index is -0.237. The van der Waals surface area contributed by atoms with Gasteiger partial charge in [-0.05, 0) is 24.3 Å². The SMILES string of the molecule is C=CCNC(=O)CSc1nc(-c2ccccc2)c(NC(=O)c2ccc(OC)cc2)s1. The van der Waals surface area contributed by atoms with Crippen LogP contribution in [0.2, 0.25) is 0 Å². The number of anilines is 1. The molecule has 0 bridgehead atoms. The van der Waals surface area contributed by atoms with Crippen LogP contribution >= 0.6 is 23.1 Å². The van der Waals surface area contributed by atoms with Crippen LogP contribution in [0.15, 0.2) is 71.6 Å². The van der Waals surface area contributed by atoms with Gasteiger partial charge in [0.05, 0.1) is 12.9 Å². The van der Waals surface area contributed by atoms with E-state index in [0.29, 0.717) is 32.9 Å². The molecule has 1 aromatic heterocycles. The van der Waals surface area contributed by atoms with Gasteiger partial charge in [0.15, 0.2) is 4.34 Å². The zero-order valence-corrected chi connectivity index (χ0v) is 18.0. The number of carbonyl (C=O) groups excluding carboxylic acids is 2. The predicted octanol–water partition coefficient (Wildman–Crippen LogP) is 4.47. The number of benzene rings is 2. The maximum absolute atomic E-state index is 12.7. The van der Waals surface area contributed by atoms with Crippen LogP contribution in [0.3, 0.4) is 0 Å². The van der Waals surface area contributed by atoms with Crippen LogP contribution in [0.25, 0.3) is 11.3 Å². The molecule has 0 spiro atoms. The summed E-state index contributed by atoms with van der Waals surface area (Å²) in [5.74, 6) is 0.586. The summed E-state index contributed by atoms with van der Waals surface area (Å²) >= 11 is 2.68. The second-order valence-electron chi connectivity index (χ2n) is 6.09. The van der Waals surface area contributed by atoms with Gasteiger partial charge < -0.3 is 15.4 Å². The first-order valence-corrected chi connectivity index (χ1v) is 10.9. The Kier molecular flexibility index (Phi) is 7.64. The second-order valence-corrected chi connectivity index (χ2v) is 8.31. The molecule has 0 aliphatic heterocycles. The van der Waals surface area contributed by atoms with Gasteiger partial charge >= 0.3 is 0 Å². The Hall–Kier alpha value is -3.10. The fourth-order valence-corrected chi connectivity index (χ4v) is 4.41. The molecule has 6 nitrogen and oxygen atoms in total. The summed E-state index contributed by atoms with van der Waals surface area (Å²) in [5, 5.41) is 6.33. The number of aromatic nitrogens is 1. The summed E-state index contributed by atoms with van der Waals surface area (Å²) < 4.78 is 5.84. The van der Waals surface area contributed by atoms with Crippen molar-refractivity contribution in [3.8, 4) is 17.0 Å². The van der Waals surface area contributed by atoms with Crippen LogP contribution in [0, 0.1) is 0 Å². The summed E-state index contributed by atoms with van der Waals surface area (Å²) in [6.07, 6.45) is 1.63. The molecule has 2 amide bonds. The highest BCUT2D eigenvalue weighted by Gasteiger charge is 2.17. The van der Waals surface area contributed by atoms with E-state index >= 15 is 0 Å². The van der Waals surface area contributed by atoms with Gasteiger partial charge in [0, 0.05) is 17.7 Å². The number of amides is 2. The van der Waals surface area contributed by atoms with Crippen molar-refractivity contribution in [3.63, 3.8) is 0 Å². The van der Waals surface area contributed by atoms with Crippen molar-refractivity contribution in [2.75, 3.05) is 24.7 Å². The smallest absolute Gasteiger partial charge is 0.256 e. The molecule has 2 N–H and O–H groups in total. The first-order valence-electron chi connectivity index (χ1n) is 9.12. The van der Waals surface area contributed by atoms with Gasteiger partial charge in [-0.25, -0.2) is 4.98 Å². The average Bonchev–Trinajstić information content (AvgIpc) is 3.19. The molecule has 0 fully saturated rings. The lowest BCUT2D eigenvalue weighted by molar-refractivity contribution is -0.118. The quantitative estimate of drug-likeness (QED) is 0.380. The molecule has 0 saturated carbocycles. The minimum Gasteiger partial charge on any atom is -0.497 e. The largest absolute Gasteiger partial charge is 0.497 e. The van der Waals surface area contributed by atoms with Gasteiger partial charge in [0.25, 0.3) is 5.91 Å². The van der Waals surface area contributed by atoms with E-state index in [9.17, 15) is 9.59 Å². The van der Waals surface area contributed by atoms with Crippen molar-refractivity contribution in [3.05, 3.63) is 72.8 Å². The Morgan fingerprint density at radius 2 is 1.90 bits per heavy atom. The Labute approximate surface area is 183 Å². The Balaban J connectivity index is 1.80. The number of thioether (sulfide) groups is 1. The van der Waals surface area contributed by atoms with E-state index in [2.05, 4.69) is 22.2 Å². The summed E-state index contributed by atoms with van der Waals surface area (Å²) in [6, 6.07) is 16.5. The lowest BCUT2D eigenvalue weighted by Crippen LogP contribution is -2.24. The summed E-state index contributed by atoms with van der Waals surface area (Å²) in [7, 11) is 1.58. The summed E-state index contributed by atoms with van der Waals surface area (Å²) in [4.78, 5) is 29.3. The molecule has 0 radical (unpaired) electrons. The van der Waals surface area contributed by atoms with Crippen LogP contribution in [0.5, 0.6) is 5.75 Å². The second kappa shape index (κ2) is 10.6. The number of nitrogens with zero attached hydrogens (tertiary/aromatic N) is 1. The number of ether oxygens (including phenoxy) is 1. The van der Waals surface area contributed by atoms with Crippen LogP contribution < -0.4 is 15.4 Å². The van der Waals surface area contributed by atoms with Crippen molar-refractivity contribution < 1.29 is 14.3 Å². The molecule has 3 aromatic rings. The van der Waals surface area contributed by atoms with E-state index in [1.54, 1.807) is 37.5 Å². The van der Waals surface area contributed by atoms with E-state index in [-0.39, 0.29) is 17.6 Å². The average molecular weight is 440 g/mol. The summed E-state index contributed by atoms with van der Waals surface area (Å²) in [5.41, 5.74) is 2.08. The van der Waals surface area contributed by atoms with Gasteiger partial charge in [-0.1, -0.05) is 59.5 Å². The van der Waals surface area contributed by atoms with Crippen LogP contribution in [-0.4, -0.2) is 36.2 Å². The number of hydrogen-bond donors (Lipinski definition) is 2. The number of nitrogens with one attached hydrogen (secondary N) is 2. The predicted molar refractivity (Wildman–Crippen MR) is 122 cm³/mol. The molecule has 8 heteroatoms. The lowest BCUT2D eigenvalue weighted by atomic mass is 10.1. The lowest BCUT2D eigenvalue weighted by Gasteiger charge is -2.06. The Bertz CT molecular complexity index is 1020. The molecule has 3 rings (SSSR count). The zero-order valence-electron chi connectivity index (χ0n) is 16.4. The molecule has 0 saturated heterocycles. The zero-order chi connectivity index (χ0) is 21.3. The molecule has 154 valence electrons. The van der Waals surface area contributed by atoms with Gasteiger partial charge in [-0.3, -0.25) is 9.59 Å². The first kappa shape index (κ1) is 21.6. The molecule has 0 unspecified atom stereocenters. The summed E-state index contributed by atoms with van der Waals surface area (Å²) in [6.45, 7) is 4.01. The van der Waals surface area contributed by atoms with Crippen molar-refractivity contribution in [2.24, 2.45) is 0 Å². The molecule has 0 aliphatic carbocycles. The van der Waals surface area contributed by atoms with Crippen LogP contribution in [0.4, 0.5) is 5.00 Å². The molecular formula is C22H21N3O3S2. The van der Waals surface area contributed by atoms with Crippen molar-refractivity contribution in [1.82, 2.24) is 10.3 Å². The monoisotopic (exact) mass is 439 g/mol. The third-order valence-electron chi connectivity index (χ3n) is 4.00. The van der Waals surface area contributed by atoms with Crippen LogP contribution in [-0.2, 0) is 4.79 Å². The van der Waals surface area contributed by atoms with E-state index in [1.165, 1.54) is 23.1 Å². The molecule has 1 heterocycles. The number of hydrogen-bond acceptors (Lipinski definition) is 6. The Morgan fingerprint density at radius 1 is 1.17 bits per heavy atom. The third kappa shape index (κ3) is 5.71. The van der Waals surface area contributed by atoms with E-state index in [1.807, 2.05) is 30.3 Å². The van der Waals surface area contributed by atoms with E-state index in [4.69, 9.17) is 4.74 Å². The highest BCUT2D eigenvalue weighted by molar-refractivity contribution is 8.01. The molecular weight excluding hydrogens is 418 g/mol. The number of carbonyl (C=O) groups is 2. The first-order chi connectivity index (χ1) is 14.6. The maximum atomic E-state index is 12.7. The third-order valence-corrected chi connectivity index (χ3v) is 6.12. The van der Waals surface area contributed by atoms with Crippen molar-refractivity contribution in [2.45, 2.75) is 4.34 Å².